The average Bonchev–Trinajstić information content (AvgIpc) is 2.76. The average molecular weight is 196 g/mol. The summed E-state index contributed by atoms with van der Waals surface area (Å²) in [5.74, 6) is 1.88. The Kier molecular flexibility index (Phi) is 3.45. The number of rotatable bonds is 3. The van der Waals surface area contributed by atoms with Gasteiger partial charge in [-0.05, 0) is 44.1 Å². The molecule has 2 aliphatic rings. The maximum absolute atomic E-state index is 5.93. The van der Waals surface area contributed by atoms with E-state index in [1.54, 1.807) is 0 Å². The van der Waals surface area contributed by atoms with Gasteiger partial charge >= 0.3 is 0 Å². The van der Waals surface area contributed by atoms with Crippen LogP contribution in [0, 0.1) is 11.8 Å². The van der Waals surface area contributed by atoms with Gasteiger partial charge in [0.25, 0.3) is 0 Å². The van der Waals surface area contributed by atoms with Crippen molar-refractivity contribution in [3.63, 3.8) is 0 Å². The van der Waals surface area contributed by atoms with Crippen LogP contribution in [0.1, 0.15) is 39.0 Å². The zero-order valence-electron chi connectivity index (χ0n) is 9.41. The Labute approximate surface area is 87.8 Å². The van der Waals surface area contributed by atoms with E-state index < -0.39 is 0 Å². The molecule has 1 aliphatic carbocycles. The molecular formula is C12H24N2. The first-order valence-electron chi connectivity index (χ1n) is 6.26. The van der Waals surface area contributed by atoms with Crippen LogP contribution in [-0.2, 0) is 0 Å². The van der Waals surface area contributed by atoms with E-state index in [4.69, 9.17) is 5.73 Å². The molecule has 1 saturated carbocycles. The van der Waals surface area contributed by atoms with Crippen molar-refractivity contribution in [3.8, 4) is 0 Å². The molecule has 2 N–H and O–H groups in total. The quantitative estimate of drug-likeness (QED) is 0.746. The minimum atomic E-state index is 0.504. The van der Waals surface area contributed by atoms with Gasteiger partial charge in [-0.3, -0.25) is 0 Å². The molecule has 1 saturated heterocycles. The largest absolute Gasteiger partial charge is 0.328 e. The zero-order valence-corrected chi connectivity index (χ0v) is 9.41. The van der Waals surface area contributed by atoms with Crippen LogP contribution < -0.4 is 5.73 Å². The number of likely N-dealkylation sites (tertiary alicyclic amines) is 1. The van der Waals surface area contributed by atoms with Crippen molar-refractivity contribution >= 4 is 0 Å². The van der Waals surface area contributed by atoms with Gasteiger partial charge < -0.3 is 10.6 Å². The second kappa shape index (κ2) is 4.63. The molecule has 1 heterocycles. The number of nitrogens with two attached hydrogens (primary N) is 1. The molecule has 2 nitrogen and oxygen atoms in total. The fourth-order valence-electron chi connectivity index (χ4n) is 3.06. The molecular weight excluding hydrogens is 172 g/mol. The smallest absolute Gasteiger partial charge is 0.00420 e. The molecule has 2 heteroatoms. The van der Waals surface area contributed by atoms with Crippen molar-refractivity contribution in [2.24, 2.45) is 17.6 Å². The molecule has 0 spiro atoms. The van der Waals surface area contributed by atoms with Crippen molar-refractivity contribution in [1.82, 2.24) is 4.90 Å². The fourth-order valence-corrected chi connectivity index (χ4v) is 3.06. The van der Waals surface area contributed by atoms with Crippen molar-refractivity contribution in [1.29, 1.82) is 0 Å². The molecule has 0 radical (unpaired) electrons. The molecule has 0 amide bonds. The first kappa shape index (κ1) is 10.4. The highest BCUT2D eigenvalue weighted by Gasteiger charge is 2.27. The summed E-state index contributed by atoms with van der Waals surface area (Å²) >= 11 is 0. The minimum absolute atomic E-state index is 0.504. The van der Waals surface area contributed by atoms with E-state index >= 15 is 0 Å². The predicted molar refractivity (Wildman–Crippen MR) is 60.2 cm³/mol. The van der Waals surface area contributed by atoms with E-state index in [0.29, 0.717) is 6.04 Å². The lowest BCUT2D eigenvalue weighted by molar-refractivity contribution is 0.268. The Morgan fingerprint density at radius 1 is 1.21 bits per heavy atom. The Balaban J connectivity index is 1.71. The summed E-state index contributed by atoms with van der Waals surface area (Å²) in [6.07, 6.45) is 6.69. The van der Waals surface area contributed by atoms with Gasteiger partial charge in [0.1, 0.15) is 0 Å². The van der Waals surface area contributed by atoms with E-state index in [0.717, 1.165) is 11.8 Å². The van der Waals surface area contributed by atoms with Crippen molar-refractivity contribution < 1.29 is 0 Å². The van der Waals surface area contributed by atoms with Gasteiger partial charge in [-0.1, -0.05) is 13.3 Å². The molecule has 3 atom stereocenters. The molecule has 2 rings (SSSR count). The maximum atomic E-state index is 5.93. The fraction of sp³-hybridized carbons (Fsp3) is 1.00. The maximum Gasteiger partial charge on any atom is 0.00420 e. The van der Waals surface area contributed by atoms with Crippen LogP contribution in [0.25, 0.3) is 0 Å². The summed E-state index contributed by atoms with van der Waals surface area (Å²) in [6, 6.07) is 0.504. The summed E-state index contributed by atoms with van der Waals surface area (Å²) in [6.45, 7) is 6.33. The third-order valence-electron chi connectivity index (χ3n) is 4.05. The van der Waals surface area contributed by atoms with Gasteiger partial charge in [0.2, 0.25) is 0 Å². The topological polar surface area (TPSA) is 29.3 Å². The van der Waals surface area contributed by atoms with Gasteiger partial charge in [0.15, 0.2) is 0 Å². The lowest BCUT2D eigenvalue weighted by Gasteiger charge is -2.20. The Morgan fingerprint density at radius 2 is 2.07 bits per heavy atom. The SMILES string of the molecule is CCC1CCN(CC2CCC(N)C2)C1. The van der Waals surface area contributed by atoms with E-state index in [1.165, 1.54) is 51.7 Å². The van der Waals surface area contributed by atoms with Gasteiger partial charge in [-0.15, -0.1) is 0 Å². The molecule has 0 aromatic carbocycles. The highest BCUT2D eigenvalue weighted by Crippen LogP contribution is 2.27. The monoisotopic (exact) mass is 196 g/mol. The lowest BCUT2D eigenvalue weighted by Crippen LogP contribution is -2.27. The molecule has 2 fully saturated rings. The summed E-state index contributed by atoms with van der Waals surface area (Å²) in [4.78, 5) is 2.66. The first-order valence-corrected chi connectivity index (χ1v) is 6.26. The van der Waals surface area contributed by atoms with Crippen LogP contribution in [0.15, 0.2) is 0 Å². The minimum Gasteiger partial charge on any atom is -0.328 e. The molecule has 0 aromatic rings. The van der Waals surface area contributed by atoms with Crippen LogP contribution in [0.5, 0.6) is 0 Å². The van der Waals surface area contributed by atoms with Gasteiger partial charge in [0, 0.05) is 19.1 Å². The summed E-state index contributed by atoms with van der Waals surface area (Å²) in [5.41, 5.74) is 5.93. The van der Waals surface area contributed by atoms with Crippen LogP contribution in [0.4, 0.5) is 0 Å². The van der Waals surface area contributed by atoms with Crippen LogP contribution in [0.3, 0.4) is 0 Å². The number of hydrogen-bond acceptors (Lipinski definition) is 2. The zero-order chi connectivity index (χ0) is 9.97. The van der Waals surface area contributed by atoms with E-state index in [2.05, 4.69) is 11.8 Å². The van der Waals surface area contributed by atoms with Gasteiger partial charge in [-0.25, -0.2) is 0 Å². The second-order valence-corrected chi connectivity index (χ2v) is 5.26. The first-order chi connectivity index (χ1) is 6.78. The van der Waals surface area contributed by atoms with Crippen LogP contribution >= 0.6 is 0 Å². The molecule has 0 aromatic heterocycles. The summed E-state index contributed by atoms with van der Waals surface area (Å²) in [5, 5.41) is 0. The Bertz CT molecular complexity index is 181. The molecule has 0 bridgehead atoms. The van der Waals surface area contributed by atoms with E-state index in [1.807, 2.05) is 0 Å². The lowest BCUT2D eigenvalue weighted by atomic mass is 10.1. The van der Waals surface area contributed by atoms with Crippen LogP contribution in [0.2, 0.25) is 0 Å². The Hall–Kier alpha value is -0.0800. The third-order valence-corrected chi connectivity index (χ3v) is 4.05. The molecule has 14 heavy (non-hydrogen) atoms. The van der Waals surface area contributed by atoms with E-state index in [-0.39, 0.29) is 0 Å². The standard InChI is InChI=1S/C12H24N2/c1-2-10-5-6-14(8-10)9-11-3-4-12(13)7-11/h10-12H,2-9,13H2,1H3. The molecule has 82 valence electrons. The Morgan fingerprint density at radius 3 is 2.64 bits per heavy atom. The second-order valence-electron chi connectivity index (χ2n) is 5.26. The van der Waals surface area contributed by atoms with Crippen molar-refractivity contribution in [2.45, 2.75) is 45.1 Å². The molecule has 3 unspecified atom stereocenters. The van der Waals surface area contributed by atoms with Crippen LogP contribution in [-0.4, -0.2) is 30.6 Å². The normalized spacial score (nSPS) is 39.4. The predicted octanol–water partition coefficient (Wildman–Crippen LogP) is 1.85. The summed E-state index contributed by atoms with van der Waals surface area (Å²) in [7, 11) is 0. The summed E-state index contributed by atoms with van der Waals surface area (Å²) < 4.78 is 0. The molecule has 1 aliphatic heterocycles. The number of nitrogens with zero attached hydrogens (tertiary/aromatic N) is 1. The highest BCUT2D eigenvalue weighted by molar-refractivity contribution is 4.82. The van der Waals surface area contributed by atoms with Gasteiger partial charge in [-0.2, -0.15) is 0 Å². The van der Waals surface area contributed by atoms with Crippen molar-refractivity contribution in [2.75, 3.05) is 19.6 Å². The van der Waals surface area contributed by atoms with Gasteiger partial charge in [0.05, 0.1) is 0 Å². The third kappa shape index (κ3) is 2.48. The number of hydrogen-bond donors (Lipinski definition) is 1. The van der Waals surface area contributed by atoms with E-state index in [9.17, 15) is 0 Å². The highest BCUT2D eigenvalue weighted by atomic mass is 15.1. The van der Waals surface area contributed by atoms with Crippen molar-refractivity contribution in [3.05, 3.63) is 0 Å².